The fourth-order valence-electron chi connectivity index (χ4n) is 2.20. The normalized spacial score (nSPS) is 10.8. The van der Waals surface area contributed by atoms with E-state index in [1.54, 1.807) is 42.5 Å². The highest BCUT2D eigenvalue weighted by Crippen LogP contribution is 2.23. The Morgan fingerprint density at radius 2 is 1.77 bits per heavy atom. The van der Waals surface area contributed by atoms with Crippen LogP contribution in [0, 0.1) is 0 Å². The summed E-state index contributed by atoms with van der Waals surface area (Å²) in [6.45, 7) is -2.86. The van der Waals surface area contributed by atoms with E-state index < -0.39 is 6.61 Å². The Kier molecular flexibility index (Phi) is 6.96. The first kappa shape index (κ1) is 19.2. The highest BCUT2D eigenvalue weighted by Gasteiger charge is 2.09. The van der Waals surface area contributed by atoms with Crippen LogP contribution in [0.1, 0.15) is 11.1 Å². The van der Waals surface area contributed by atoms with Crippen LogP contribution >= 0.6 is 0 Å². The van der Waals surface area contributed by atoms with Gasteiger partial charge in [-0.25, -0.2) is 0 Å². The first-order valence-electron chi connectivity index (χ1n) is 7.73. The van der Waals surface area contributed by atoms with E-state index >= 15 is 0 Å². The average Bonchev–Trinajstić information content (AvgIpc) is 2.64. The highest BCUT2D eigenvalue weighted by atomic mass is 19.3. The minimum atomic E-state index is -2.92. The third kappa shape index (κ3) is 5.77. The summed E-state index contributed by atoms with van der Waals surface area (Å²) in [5.41, 5.74) is 1.18. The fraction of sp³-hybridized carbons (Fsp3) is 0.211. The van der Waals surface area contributed by atoms with Crippen molar-refractivity contribution in [2.45, 2.75) is 13.2 Å². The molecule has 5 nitrogen and oxygen atoms in total. The van der Waals surface area contributed by atoms with Gasteiger partial charge >= 0.3 is 6.61 Å². The largest absolute Gasteiger partial charge is 0.497 e. The Balaban J connectivity index is 2.00. The predicted molar refractivity (Wildman–Crippen MR) is 93.5 cm³/mol. The van der Waals surface area contributed by atoms with Crippen LogP contribution in [0.25, 0.3) is 6.08 Å². The second kappa shape index (κ2) is 9.41. The van der Waals surface area contributed by atoms with E-state index in [9.17, 15) is 13.6 Å². The Morgan fingerprint density at radius 3 is 2.38 bits per heavy atom. The number of ether oxygens (including phenoxy) is 3. The molecule has 2 rings (SSSR count). The van der Waals surface area contributed by atoms with Crippen molar-refractivity contribution < 1.29 is 27.8 Å². The standard InChI is InChI=1S/C19H19F2NO4/c1-24-15-9-13(10-16(11-15)25-2)7-8-18(23)22-12-14-5-3-4-6-17(14)26-19(20)21/h3-11,19H,12H2,1-2H3,(H,22,23)/b8-7+. The molecular formula is C19H19F2NO4. The van der Waals surface area contributed by atoms with Crippen molar-refractivity contribution in [2.24, 2.45) is 0 Å². The second-order valence-electron chi connectivity index (χ2n) is 5.18. The molecule has 0 radical (unpaired) electrons. The highest BCUT2D eigenvalue weighted by molar-refractivity contribution is 5.91. The zero-order valence-corrected chi connectivity index (χ0v) is 14.4. The maximum Gasteiger partial charge on any atom is 0.387 e. The summed E-state index contributed by atoms with van der Waals surface area (Å²) in [5.74, 6) is 0.855. The molecule has 0 aliphatic rings. The van der Waals surface area contributed by atoms with Gasteiger partial charge in [0.05, 0.1) is 14.2 Å². The summed E-state index contributed by atoms with van der Waals surface area (Å²) in [7, 11) is 3.07. The molecule has 0 aliphatic carbocycles. The second-order valence-corrected chi connectivity index (χ2v) is 5.18. The van der Waals surface area contributed by atoms with Gasteiger partial charge in [-0.05, 0) is 29.8 Å². The van der Waals surface area contributed by atoms with E-state index in [1.807, 2.05) is 0 Å². The lowest BCUT2D eigenvalue weighted by atomic mass is 10.1. The lowest BCUT2D eigenvalue weighted by molar-refractivity contribution is -0.116. The quantitative estimate of drug-likeness (QED) is 0.728. The number of hydrogen-bond acceptors (Lipinski definition) is 4. The molecule has 0 heterocycles. The van der Waals surface area contributed by atoms with Gasteiger partial charge in [0.2, 0.25) is 5.91 Å². The van der Waals surface area contributed by atoms with Gasteiger partial charge in [-0.2, -0.15) is 8.78 Å². The van der Waals surface area contributed by atoms with Crippen LogP contribution in [-0.2, 0) is 11.3 Å². The molecule has 2 aromatic carbocycles. The van der Waals surface area contributed by atoms with E-state index in [4.69, 9.17) is 9.47 Å². The summed E-state index contributed by atoms with van der Waals surface area (Å²) in [5, 5.41) is 2.63. The van der Waals surface area contributed by atoms with E-state index in [1.165, 1.54) is 26.4 Å². The molecule has 0 fully saturated rings. The molecule has 0 unspecified atom stereocenters. The van der Waals surface area contributed by atoms with Gasteiger partial charge < -0.3 is 19.5 Å². The van der Waals surface area contributed by atoms with Crippen LogP contribution < -0.4 is 19.5 Å². The maximum absolute atomic E-state index is 12.4. The van der Waals surface area contributed by atoms with Crippen LogP contribution in [0.3, 0.4) is 0 Å². The minimum absolute atomic E-state index is 0.0318. The van der Waals surface area contributed by atoms with Crippen molar-refractivity contribution in [1.29, 1.82) is 0 Å². The molecule has 138 valence electrons. The maximum atomic E-state index is 12.4. The van der Waals surface area contributed by atoms with Gasteiger partial charge in [-0.15, -0.1) is 0 Å². The van der Waals surface area contributed by atoms with Crippen molar-refractivity contribution in [2.75, 3.05) is 14.2 Å². The first-order valence-corrected chi connectivity index (χ1v) is 7.73. The van der Waals surface area contributed by atoms with Crippen LogP contribution in [0.5, 0.6) is 17.2 Å². The average molecular weight is 363 g/mol. The van der Waals surface area contributed by atoms with Gasteiger partial charge in [-0.1, -0.05) is 18.2 Å². The summed E-state index contributed by atoms with van der Waals surface area (Å²) in [4.78, 5) is 12.0. The fourth-order valence-corrected chi connectivity index (χ4v) is 2.20. The monoisotopic (exact) mass is 363 g/mol. The lowest BCUT2D eigenvalue weighted by Gasteiger charge is -2.10. The van der Waals surface area contributed by atoms with E-state index in [0.717, 1.165) is 5.56 Å². The Bertz CT molecular complexity index is 756. The summed E-state index contributed by atoms with van der Waals surface area (Å²) >= 11 is 0. The van der Waals surface area contributed by atoms with Crippen molar-refractivity contribution in [1.82, 2.24) is 5.32 Å². The lowest BCUT2D eigenvalue weighted by Crippen LogP contribution is -2.21. The Morgan fingerprint density at radius 1 is 1.12 bits per heavy atom. The zero-order chi connectivity index (χ0) is 18.9. The van der Waals surface area contributed by atoms with Gasteiger partial charge in [0, 0.05) is 24.3 Å². The van der Waals surface area contributed by atoms with Gasteiger partial charge in [0.25, 0.3) is 0 Å². The van der Waals surface area contributed by atoms with Gasteiger partial charge in [-0.3, -0.25) is 4.79 Å². The van der Waals surface area contributed by atoms with Crippen molar-refractivity contribution >= 4 is 12.0 Å². The smallest absolute Gasteiger partial charge is 0.387 e. The van der Waals surface area contributed by atoms with Crippen LogP contribution in [0.15, 0.2) is 48.5 Å². The summed E-state index contributed by atoms with van der Waals surface area (Å²) < 4.78 is 39.5. The number of methoxy groups -OCH3 is 2. The SMILES string of the molecule is COc1cc(/C=C/C(=O)NCc2ccccc2OC(F)F)cc(OC)c1. The predicted octanol–water partition coefficient (Wildman–Crippen LogP) is 3.63. The topological polar surface area (TPSA) is 56.8 Å². The van der Waals surface area contributed by atoms with Crippen LogP contribution in [0.2, 0.25) is 0 Å². The Labute approximate surface area is 150 Å². The molecule has 0 spiro atoms. The third-order valence-corrected chi connectivity index (χ3v) is 3.44. The van der Waals surface area contributed by atoms with E-state index in [-0.39, 0.29) is 18.2 Å². The van der Waals surface area contributed by atoms with Gasteiger partial charge in [0.1, 0.15) is 17.2 Å². The summed E-state index contributed by atoms with van der Waals surface area (Å²) in [6.07, 6.45) is 2.94. The molecule has 2 aromatic rings. The third-order valence-electron chi connectivity index (χ3n) is 3.44. The minimum Gasteiger partial charge on any atom is -0.497 e. The van der Waals surface area contributed by atoms with E-state index in [0.29, 0.717) is 17.1 Å². The molecule has 0 aliphatic heterocycles. The molecule has 0 saturated heterocycles. The van der Waals surface area contributed by atoms with Crippen molar-refractivity contribution in [3.05, 3.63) is 59.7 Å². The molecule has 26 heavy (non-hydrogen) atoms. The zero-order valence-electron chi connectivity index (χ0n) is 14.4. The van der Waals surface area contributed by atoms with Crippen LogP contribution in [-0.4, -0.2) is 26.7 Å². The molecule has 0 bridgehead atoms. The number of carbonyl (C=O) groups excluding carboxylic acids is 1. The number of carbonyl (C=O) groups is 1. The molecule has 1 amide bonds. The molecule has 1 N–H and O–H groups in total. The number of nitrogens with one attached hydrogen (secondary N) is 1. The van der Waals surface area contributed by atoms with E-state index in [2.05, 4.69) is 10.1 Å². The molecule has 0 atom stereocenters. The van der Waals surface area contributed by atoms with Crippen molar-refractivity contribution in [3.63, 3.8) is 0 Å². The van der Waals surface area contributed by atoms with Crippen molar-refractivity contribution in [3.8, 4) is 17.2 Å². The first-order chi connectivity index (χ1) is 12.5. The molecular weight excluding hydrogens is 344 g/mol. The number of para-hydroxylation sites is 1. The number of halogens is 2. The number of hydrogen-bond donors (Lipinski definition) is 1. The number of rotatable bonds is 8. The van der Waals surface area contributed by atoms with Gasteiger partial charge in [0.15, 0.2) is 0 Å². The van der Waals surface area contributed by atoms with Crippen LogP contribution in [0.4, 0.5) is 8.78 Å². The number of alkyl halides is 2. The molecule has 7 heteroatoms. The molecule has 0 saturated carbocycles. The number of benzene rings is 2. The number of amides is 1. The Hall–Kier alpha value is -3.09. The summed E-state index contributed by atoms with van der Waals surface area (Å²) in [6, 6.07) is 11.5. The molecule has 0 aromatic heterocycles.